The summed E-state index contributed by atoms with van der Waals surface area (Å²) in [7, 11) is 0. The number of amides is 2. The van der Waals surface area contributed by atoms with E-state index >= 15 is 0 Å². The highest BCUT2D eigenvalue weighted by Gasteiger charge is 2.28. The fourth-order valence-electron chi connectivity index (χ4n) is 2.60. The van der Waals surface area contributed by atoms with Crippen molar-refractivity contribution in [3.8, 4) is 0 Å². The summed E-state index contributed by atoms with van der Waals surface area (Å²) in [6.07, 6.45) is 0.364. The monoisotopic (exact) mass is 344 g/mol. The summed E-state index contributed by atoms with van der Waals surface area (Å²) in [5.41, 5.74) is 0.373. The molecule has 2 aromatic rings. The number of hydrogen-bond donors (Lipinski definition) is 3. The number of carbonyl (C=O) groups is 2. The van der Waals surface area contributed by atoms with Gasteiger partial charge in [0.25, 0.3) is 5.91 Å². The van der Waals surface area contributed by atoms with Crippen LogP contribution in [0.15, 0.2) is 34.7 Å². The van der Waals surface area contributed by atoms with E-state index in [1.165, 1.54) is 0 Å². The number of aliphatic hydroxyl groups is 1. The second-order valence-electron chi connectivity index (χ2n) is 6.27. The molecule has 0 saturated heterocycles. The molecule has 1 aromatic heterocycles. The van der Waals surface area contributed by atoms with Gasteiger partial charge < -0.3 is 20.2 Å². The second-order valence-corrected chi connectivity index (χ2v) is 6.27. The summed E-state index contributed by atoms with van der Waals surface area (Å²) in [4.78, 5) is 23.8. The molecule has 1 atom stereocenters. The number of benzene rings is 1. The third-order valence-electron chi connectivity index (χ3n) is 3.94. The summed E-state index contributed by atoms with van der Waals surface area (Å²) in [6, 6.07) is 8.44. The van der Waals surface area contributed by atoms with E-state index in [0.29, 0.717) is 34.8 Å². The quantitative estimate of drug-likeness (QED) is 0.751. The maximum atomic E-state index is 12.4. The van der Waals surface area contributed by atoms with Crippen molar-refractivity contribution in [3.63, 3.8) is 0 Å². The van der Waals surface area contributed by atoms with E-state index in [-0.39, 0.29) is 18.4 Å². The molecule has 0 saturated carbocycles. The lowest BCUT2D eigenvalue weighted by molar-refractivity contribution is -0.115. The van der Waals surface area contributed by atoms with Gasteiger partial charge in [0.1, 0.15) is 17.1 Å². The van der Waals surface area contributed by atoms with E-state index in [4.69, 9.17) is 4.42 Å². The molecule has 0 aliphatic rings. The first-order chi connectivity index (χ1) is 11.7. The van der Waals surface area contributed by atoms with Gasteiger partial charge in [-0.25, -0.2) is 0 Å². The molecule has 0 bridgehead atoms. The predicted octanol–water partition coefficient (Wildman–Crippen LogP) is 2.88. The van der Waals surface area contributed by atoms with Crippen molar-refractivity contribution in [2.75, 3.05) is 11.9 Å². The first kappa shape index (κ1) is 18.7. The van der Waals surface area contributed by atoms with Gasteiger partial charge in [-0.2, -0.15) is 0 Å². The minimum absolute atomic E-state index is 0.0389. The Morgan fingerprint density at radius 3 is 2.56 bits per heavy atom. The normalized spacial score (nSPS) is 13.2. The molecule has 0 fully saturated rings. The lowest BCUT2D eigenvalue weighted by Crippen LogP contribution is -2.38. The molecule has 1 aromatic carbocycles. The Morgan fingerprint density at radius 1 is 1.24 bits per heavy atom. The van der Waals surface area contributed by atoms with Crippen molar-refractivity contribution in [1.82, 2.24) is 5.32 Å². The number of carbonyl (C=O) groups excluding carboxylic acids is 2. The van der Waals surface area contributed by atoms with Gasteiger partial charge in [-0.1, -0.05) is 13.0 Å². The third-order valence-corrected chi connectivity index (χ3v) is 3.94. The highest BCUT2D eigenvalue weighted by Crippen LogP contribution is 2.26. The lowest BCUT2D eigenvalue weighted by Gasteiger charge is -2.23. The van der Waals surface area contributed by atoms with Crippen molar-refractivity contribution in [2.45, 2.75) is 39.7 Å². The summed E-state index contributed by atoms with van der Waals surface area (Å²) < 4.78 is 5.44. The molecule has 3 N–H and O–H groups in total. The molecule has 2 rings (SSSR count). The first-order valence-corrected chi connectivity index (χ1v) is 8.21. The van der Waals surface area contributed by atoms with Gasteiger partial charge in [0.2, 0.25) is 5.91 Å². The largest absolute Gasteiger partial charge is 0.466 e. The fourth-order valence-corrected chi connectivity index (χ4v) is 2.60. The Morgan fingerprint density at radius 2 is 1.96 bits per heavy atom. The molecule has 0 aliphatic carbocycles. The molecule has 0 spiro atoms. The Kier molecular flexibility index (Phi) is 5.64. The molecule has 6 nitrogen and oxygen atoms in total. The predicted molar refractivity (Wildman–Crippen MR) is 95.4 cm³/mol. The highest BCUT2D eigenvalue weighted by molar-refractivity contribution is 5.97. The zero-order valence-electron chi connectivity index (χ0n) is 15.0. The smallest absolute Gasteiger partial charge is 0.251 e. The van der Waals surface area contributed by atoms with Gasteiger partial charge in [0, 0.05) is 23.2 Å². The van der Waals surface area contributed by atoms with Gasteiger partial charge >= 0.3 is 0 Å². The summed E-state index contributed by atoms with van der Waals surface area (Å²) in [6.45, 7) is 7.01. The topological polar surface area (TPSA) is 91.6 Å². The second kappa shape index (κ2) is 7.53. The molecule has 0 aliphatic heterocycles. The van der Waals surface area contributed by atoms with E-state index in [1.807, 2.05) is 0 Å². The van der Waals surface area contributed by atoms with Gasteiger partial charge in [-0.05, 0) is 45.0 Å². The van der Waals surface area contributed by atoms with Crippen LogP contribution in [0.25, 0.3) is 0 Å². The van der Waals surface area contributed by atoms with Gasteiger partial charge in [-0.15, -0.1) is 0 Å². The van der Waals surface area contributed by atoms with Crippen LogP contribution in [0.4, 0.5) is 5.69 Å². The molecule has 1 heterocycles. The van der Waals surface area contributed by atoms with Crippen LogP contribution < -0.4 is 10.6 Å². The minimum atomic E-state index is -1.24. The van der Waals surface area contributed by atoms with Gasteiger partial charge in [0.05, 0.1) is 6.54 Å². The number of anilines is 1. The van der Waals surface area contributed by atoms with Crippen LogP contribution in [0.2, 0.25) is 0 Å². The Labute approximate surface area is 147 Å². The summed E-state index contributed by atoms with van der Waals surface area (Å²) in [5, 5.41) is 16.1. The number of furan rings is 1. The van der Waals surface area contributed by atoms with Crippen LogP contribution in [0.5, 0.6) is 0 Å². The lowest BCUT2D eigenvalue weighted by atomic mass is 9.96. The van der Waals surface area contributed by atoms with Crippen molar-refractivity contribution in [3.05, 3.63) is 53.0 Å². The number of nitrogens with one attached hydrogen (secondary N) is 2. The van der Waals surface area contributed by atoms with E-state index in [9.17, 15) is 14.7 Å². The van der Waals surface area contributed by atoms with Gasteiger partial charge in [0.15, 0.2) is 0 Å². The minimum Gasteiger partial charge on any atom is -0.466 e. The average molecular weight is 344 g/mol. The Hall–Kier alpha value is -2.60. The SMILES string of the molecule is CCC(=O)Nc1cccc(C(=O)NCC(C)(O)c2cc(C)oc2C)c1. The summed E-state index contributed by atoms with van der Waals surface area (Å²) in [5.74, 6) is 0.886. The number of aryl methyl sites for hydroxylation is 2. The summed E-state index contributed by atoms with van der Waals surface area (Å²) >= 11 is 0. The van der Waals surface area contributed by atoms with Crippen molar-refractivity contribution in [1.29, 1.82) is 0 Å². The molecular formula is C19H24N2O4. The molecule has 25 heavy (non-hydrogen) atoms. The van der Waals surface area contributed by atoms with Crippen LogP contribution in [-0.4, -0.2) is 23.5 Å². The van der Waals surface area contributed by atoms with Crippen LogP contribution in [0, 0.1) is 13.8 Å². The number of rotatable bonds is 6. The molecular weight excluding hydrogens is 320 g/mol. The molecule has 2 amide bonds. The van der Waals surface area contributed by atoms with Crippen LogP contribution in [-0.2, 0) is 10.4 Å². The van der Waals surface area contributed by atoms with Crippen LogP contribution in [0.3, 0.4) is 0 Å². The Balaban J connectivity index is 2.06. The van der Waals surface area contributed by atoms with Crippen molar-refractivity contribution >= 4 is 17.5 Å². The third kappa shape index (κ3) is 4.70. The molecule has 0 radical (unpaired) electrons. The number of hydrogen-bond acceptors (Lipinski definition) is 4. The van der Waals surface area contributed by atoms with Crippen LogP contribution in [0.1, 0.15) is 47.7 Å². The standard InChI is InChI=1S/C19H24N2O4/c1-5-17(22)21-15-8-6-7-14(10-15)18(23)20-11-19(4,24)16-9-12(2)25-13(16)3/h6-10,24H,5,11H2,1-4H3,(H,20,23)(H,21,22). The van der Waals surface area contributed by atoms with E-state index in [1.54, 1.807) is 58.0 Å². The maximum Gasteiger partial charge on any atom is 0.251 e. The first-order valence-electron chi connectivity index (χ1n) is 8.21. The van der Waals surface area contributed by atoms with E-state index in [2.05, 4.69) is 10.6 Å². The van der Waals surface area contributed by atoms with E-state index < -0.39 is 5.60 Å². The van der Waals surface area contributed by atoms with E-state index in [0.717, 1.165) is 0 Å². The fraction of sp³-hybridized carbons (Fsp3) is 0.368. The zero-order valence-corrected chi connectivity index (χ0v) is 15.0. The maximum absolute atomic E-state index is 12.4. The van der Waals surface area contributed by atoms with Crippen LogP contribution >= 0.6 is 0 Å². The molecule has 1 unspecified atom stereocenters. The van der Waals surface area contributed by atoms with Crippen molar-refractivity contribution in [2.24, 2.45) is 0 Å². The molecule has 6 heteroatoms. The van der Waals surface area contributed by atoms with Crippen molar-refractivity contribution < 1.29 is 19.1 Å². The zero-order chi connectivity index (χ0) is 18.6. The Bertz CT molecular complexity index is 777. The highest BCUT2D eigenvalue weighted by atomic mass is 16.3. The van der Waals surface area contributed by atoms with Gasteiger partial charge in [-0.3, -0.25) is 9.59 Å². The molecule has 134 valence electrons. The average Bonchev–Trinajstić information content (AvgIpc) is 2.92.